The number of para-hydroxylation sites is 1. The Bertz CT molecular complexity index is 723. The number of nitrogens with two attached hydrogens (primary N) is 1. The van der Waals surface area contributed by atoms with Gasteiger partial charge in [0.15, 0.2) is 0 Å². The summed E-state index contributed by atoms with van der Waals surface area (Å²) in [5.41, 5.74) is 10.8. The molecule has 88 valence electrons. The number of aromatic amines is 1. The molecule has 0 amide bonds. The lowest BCUT2D eigenvalue weighted by molar-refractivity contribution is 1.47. The molecule has 0 radical (unpaired) electrons. The average Bonchev–Trinajstić information content (AvgIpc) is 2.82. The van der Waals surface area contributed by atoms with Crippen LogP contribution in [-0.4, -0.2) is 4.98 Å². The standard InChI is InChI=1S/C16H14N2/c1-11(17)12-5-4-6-13(9-12)15-10-18-16-8-3-2-7-14(15)16/h2-10,18H,1,17H2. The molecule has 0 fully saturated rings. The fourth-order valence-electron chi connectivity index (χ4n) is 2.20. The minimum atomic E-state index is 0.594. The van der Waals surface area contributed by atoms with Crippen molar-refractivity contribution in [1.82, 2.24) is 4.98 Å². The third-order valence-corrected chi connectivity index (χ3v) is 3.13. The number of rotatable bonds is 2. The van der Waals surface area contributed by atoms with Crippen molar-refractivity contribution in [3.8, 4) is 11.1 Å². The molecule has 0 unspecified atom stereocenters. The lowest BCUT2D eigenvalue weighted by Crippen LogP contribution is -1.93. The van der Waals surface area contributed by atoms with Gasteiger partial charge < -0.3 is 10.7 Å². The first-order valence-corrected chi connectivity index (χ1v) is 5.87. The molecular weight excluding hydrogens is 220 g/mol. The van der Waals surface area contributed by atoms with E-state index in [0.717, 1.165) is 16.6 Å². The molecule has 0 aliphatic carbocycles. The molecule has 3 rings (SSSR count). The van der Waals surface area contributed by atoms with Crippen molar-refractivity contribution in [2.24, 2.45) is 5.73 Å². The molecule has 3 aromatic rings. The van der Waals surface area contributed by atoms with Gasteiger partial charge in [0.1, 0.15) is 0 Å². The van der Waals surface area contributed by atoms with Gasteiger partial charge >= 0.3 is 0 Å². The predicted octanol–water partition coefficient (Wildman–Crippen LogP) is 3.76. The van der Waals surface area contributed by atoms with E-state index in [4.69, 9.17) is 5.73 Å². The van der Waals surface area contributed by atoms with Crippen molar-refractivity contribution in [3.05, 3.63) is 66.9 Å². The summed E-state index contributed by atoms with van der Waals surface area (Å²) in [6, 6.07) is 16.4. The van der Waals surface area contributed by atoms with Crippen LogP contribution in [0.5, 0.6) is 0 Å². The molecule has 2 aromatic carbocycles. The fourth-order valence-corrected chi connectivity index (χ4v) is 2.20. The van der Waals surface area contributed by atoms with Crippen molar-refractivity contribution in [3.63, 3.8) is 0 Å². The first-order chi connectivity index (χ1) is 8.75. The number of benzene rings is 2. The van der Waals surface area contributed by atoms with Gasteiger partial charge in [0.2, 0.25) is 0 Å². The second-order valence-electron chi connectivity index (χ2n) is 4.35. The van der Waals surface area contributed by atoms with Gasteiger partial charge in [0.05, 0.1) is 0 Å². The van der Waals surface area contributed by atoms with E-state index in [1.807, 2.05) is 30.5 Å². The normalized spacial score (nSPS) is 10.7. The van der Waals surface area contributed by atoms with Crippen LogP contribution in [0.2, 0.25) is 0 Å². The number of hydrogen-bond acceptors (Lipinski definition) is 1. The SMILES string of the molecule is C=C(N)c1cccc(-c2c[nH]c3ccccc23)c1. The molecule has 3 N–H and O–H groups in total. The van der Waals surface area contributed by atoms with E-state index in [1.165, 1.54) is 10.9 Å². The number of aromatic nitrogens is 1. The first-order valence-electron chi connectivity index (χ1n) is 5.87. The fraction of sp³-hybridized carbons (Fsp3) is 0. The van der Waals surface area contributed by atoms with Gasteiger partial charge in [-0.2, -0.15) is 0 Å². The quantitative estimate of drug-likeness (QED) is 0.696. The Kier molecular flexibility index (Phi) is 2.41. The van der Waals surface area contributed by atoms with E-state index >= 15 is 0 Å². The van der Waals surface area contributed by atoms with E-state index in [-0.39, 0.29) is 0 Å². The Hall–Kier alpha value is -2.48. The zero-order valence-corrected chi connectivity index (χ0v) is 9.98. The average molecular weight is 234 g/mol. The van der Waals surface area contributed by atoms with Crippen LogP contribution < -0.4 is 5.73 Å². The highest BCUT2D eigenvalue weighted by Gasteiger charge is 2.06. The zero-order valence-electron chi connectivity index (χ0n) is 9.98. The second kappa shape index (κ2) is 4.08. The van der Waals surface area contributed by atoms with Gasteiger partial charge in [0, 0.05) is 28.4 Å². The predicted molar refractivity (Wildman–Crippen MR) is 77.0 cm³/mol. The van der Waals surface area contributed by atoms with E-state index in [1.54, 1.807) is 0 Å². The maximum Gasteiger partial charge on any atom is 0.0460 e. The maximum absolute atomic E-state index is 5.75. The van der Waals surface area contributed by atoms with Crippen LogP contribution in [0.3, 0.4) is 0 Å². The third kappa shape index (κ3) is 1.68. The Balaban J connectivity index is 2.20. The first kappa shape index (κ1) is 10.7. The molecule has 0 bridgehead atoms. The minimum absolute atomic E-state index is 0.594. The molecule has 1 heterocycles. The molecule has 1 aromatic heterocycles. The van der Waals surface area contributed by atoms with Crippen molar-refractivity contribution in [1.29, 1.82) is 0 Å². The van der Waals surface area contributed by atoms with Crippen molar-refractivity contribution in [2.75, 3.05) is 0 Å². The number of hydrogen-bond donors (Lipinski definition) is 2. The van der Waals surface area contributed by atoms with Crippen LogP contribution in [0, 0.1) is 0 Å². The van der Waals surface area contributed by atoms with Crippen molar-refractivity contribution >= 4 is 16.6 Å². The molecule has 0 saturated carbocycles. The van der Waals surface area contributed by atoms with E-state index in [2.05, 4.69) is 35.8 Å². The van der Waals surface area contributed by atoms with Gasteiger partial charge in [-0.3, -0.25) is 0 Å². The molecule has 2 heteroatoms. The summed E-state index contributed by atoms with van der Waals surface area (Å²) in [5, 5.41) is 1.22. The van der Waals surface area contributed by atoms with Gasteiger partial charge in [-0.05, 0) is 23.3 Å². The van der Waals surface area contributed by atoms with Gasteiger partial charge in [-0.1, -0.05) is 43.0 Å². The summed E-state index contributed by atoms with van der Waals surface area (Å²) in [4.78, 5) is 3.28. The topological polar surface area (TPSA) is 41.8 Å². The van der Waals surface area contributed by atoms with Crippen LogP contribution >= 0.6 is 0 Å². The lowest BCUT2D eigenvalue weighted by Gasteiger charge is -2.04. The van der Waals surface area contributed by atoms with Crippen LogP contribution in [0.25, 0.3) is 27.7 Å². The van der Waals surface area contributed by atoms with E-state index in [0.29, 0.717) is 5.70 Å². The summed E-state index contributed by atoms with van der Waals surface area (Å²) < 4.78 is 0. The lowest BCUT2D eigenvalue weighted by atomic mass is 10.0. The molecule has 0 spiro atoms. The number of fused-ring (bicyclic) bond motifs is 1. The third-order valence-electron chi connectivity index (χ3n) is 3.13. The van der Waals surface area contributed by atoms with Gasteiger partial charge in [0.25, 0.3) is 0 Å². The maximum atomic E-state index is 5.75. The van der Waals surface area contributed by atoms with Gasteiger partial charge in [-0.15, -0.1) is 0 Å². The highest BCUT2D eigenvalue weighted by atomic mass is 14.7. The summed E-state index contributed by atoms with van der Waals surface area (Å²) in [6.45, 7) is 3.78. The van der Waals surface area contributed by atoms with Crippen molar-refractivity contribution < 1.29 is 0 Å². The summed E-state index contributed by atoms with van der Waals surface area (Å²) in [7, 11) is 0. The Morgan fingerprint density at radius 2 is 1.89 bits per heavy atom. The zero-order chi connectivity index (χ0) is 12.5. The van der Waals surface area contributed by atoms with Gasteiger partial charge in [-0.25, -0.2) is 0 Å². The second-order valence-corrected chi connectivity index (χ2v) is 4.35. The monoisotopic (exact) mass is 234 g/mol. The van der Waals surface area contributed by atoms with Crippen LogP contribution in [0.1, 0.15) is 5.56 Å². The summed E-state index contributed by atoms with van der Waals surface area (Å²) >= 11 is 0. The molecule has 0 aliphatic heterocycles. The number of H-pyrrole nitrogens is 1. The highest BCUT2D eigenvalue weighted by Crippen LogP contribution is 2.29. The summed E-state index contributed by atoms with van der Waals surface area (Å²) in [5.74, 6) is 0. The Morgan fingerprint density at radius 1 is 1.06 bits per heavy atom. The smallest absolute Gasteiger partial charge is 0.0460 e. The number of nitrogens with one attached hydrogen (secondary N) is 1. The Labute approximate surface area is 106 Å². The largest absolute Gasteiger partial charge is 0.399 e. The Morgan fingerprint density at radius 3 is 2.72 bits per heavy atom. The molecule has 0 saturated heterocycles. The molecular formula is C16H14N2. The molecule has 18 heavy (non-hydrogen) atoms. The summed E-state index contributed by atoms with van der Waals surface area (Å²) in [6.07, 6.45) is 2.03. The highest BCUT2D eigenvalue weighted by molar-refractivity contribution is 5.95. The van der Waals surface area contributed by atoms with Crippen LogP contribution in [-0.2, 0) is 0 Å². The minimum Gasteiger partial charge on any atom is -0.399 e. The van der Waals surface area contributed by atoms with E-state index in [9.17, 15) is 0 Å². The molecule has 2 nitrogen and oxygen atoms in total. The molecule has 0 aliphatic rings. The van der Waals surface area contributed by atoms with Crippen LogP contribution in [0.15, 0.2) is 61.3 Å². The molecule has 0 atom stereocenters. The van der Waals surface area contributed by atoms with Crippen molar-refractivity contribution in [2.45, 2.75) is 0 Å². The van der Waals surface area contributed by atoms with E-state index < -0.39 is 0 Å². The van der Waals surface area contributed by atoms with Crippen LogP contribution in [0.4, 0.5) is 0 Å².